The van der Waals surface area contributed by atoms with Gasteiger partial charge in [-0.3, -0.25) is 19.3 Å². The standard InChI is InChI=1S/C20H19ClN2O4S/c1-20(2)19(26)22-14-8-4-5-9-15(14)23(20)17(24)11-27-18(25)12-28-16-10-6-3-7-13(16)21/h3-10H,11-12H2,1-2H3,(H,22,26). The zero-order valence-electron chi connectivity index (χ0n) is 15.4. The number of benzene rings is 2. The van der Waals surface area contributed by atoms with Crippen molar-refractivity contribution < 1.29 is 19.1 Å². The van der Waals surface area contributed by atoms with Crippen LogP contribution in [0.3, 0.4) is 0 Å². The van der Waals surface area contributed by atoms with Gasteiger partial charge in [0.05, 0.1) is 22.2 Å². The van der Waals surface area contributed by atoms with Gasteiger partial charge in [-0.05, 0) is 38.1 Å². The molecule has 2 aromatic rings. The molecule has 1 aliphatic heterocycles. The van der Waals surface area contributed by atoms with Gasteiger partial charge in [0, 0.05) is 4.90 Å². The molecule has 0 saturated carbocycles. The molecule has 146 valence electrons. The smallest absolute Gasteiger partial charge is 0.316 e. The topological polar surface area (TPSA) is 75.7 Å². The lowest BCUT2D eigenvalue weighted by molar-refractivity contribution is -0.145. The summed E-state index contributed by atoms with van der Waals surface area (Å²) in [7, 11) is 0. The monoisotopic (exact) mass is 418 g/mol. The van der Waals surface area contributed by atoms with Gasteiger partial charge >= 0.3 is 5.97 Å². The summed E-state index contributed by atoms with van der Waals surface area (Å²) in [6.45, 7) is 2.84. The van der Waals surface area contributed by atoms with Crippen LogP contribution in [0.1, 0.15) is 13.8 Å². The average molecular weight is 419 g/mol. The minimum Gasteiger partial charge on any atom is -0.455 e. The van der Waals surface area contributed by atoms with E-state index >= 15 is 0 Å². The van der Waals surface area contributed by atoms with Crippen molar-refractivity contribution in [1.29, 1.82) is 0 Å². The lowest BCUT2D eigenvalue weighted by Crippen LogP contribution is -2.59. The highest BCUT2D eigenvalue weighted by molar-refractivity contribution is 8.00. The normalized spacial score (nSPS) is 14.8. The summed E-state index contributed by atoms with van der Waals surface area (Å²) >= 11 is 7.29. The first kappa shape index (κ1) is 20.2. The molecule has 0 bridgehead atoms. The Kier molecular flexibility index (Phi) is 5.96. The Morgan fingerprint density at radius 3 is 2.57 bits per heavy atom. The molecule has 0 atom stereocenters. The first-order valence-electron chi connectivity index (χ1n) is 8.57. The molecule has 3 rings (SSSR count). The van der Waals surface area contributed by atoms with Crippen molar-refractivity contribution in [3.8, 4) is 0 Å². The fourth-order valence-corrected chi connectivity index (χ4v) is 3.88. The van der Waals surface area contributed by atoms with Crippen LogP contribution in [0, 0.1) is 0 Å². The number of nitrogens with zero attached hydrogens (tertiary/aromatic N) is 1. The lowest BCUT2D eigenvalue weighted by Gasteiger charge is -2.41. The third-order valence-corrected chi connectivity index (χ3v) is 5.78. The van der Waals surface area contributed by atoms with Crippen molar-refractivity contribution in [3.05, 3.63) is 53.6 Å². The number of rotatable bonds is 5. The SMILES string of the molecule is CC1(C)C(=O)Nc2ccccc2N1C(=O)COC(=O)CSc1ccccc1Cl. The molecule has 0 aliphatic carbocycles. The first-order chi connectivity index (χ1) is 13.3. The molecule has 0 unspecified atom stereocenters. The van der Waals surface area contributed by atoms with E-state index in [1.165, 1.54) is 16.7 Å². The maximum absolute atomic E-state index is 12.8. The van der Waals surface area contributed by atoms with Crippen LogP contribution < -0.4 is 10.2 Å². The lowest BCUT2D eigenvalue weighted by atomic mass is 9.96. The van der Waals surface area contributed by atoms with Crippen molar-refractivity contribution in [2.45, 2.75) is 24.3 Å². The minimum atomic E-state index is -1.11. The molecule has 8 heteroatoms. The van der Waals surface area contributed by atoms with E-state index in [1.807, 2.05) is 6.07 Å². The van der Waals surface area contributed by atoms with Crippen molar-refractivity contribution in [1.82, 2.24) is 0 Å². The number of amides is 2. The van der Waals surface area contributed by atoms with E-state index in [9.17, 15) is 14.4 Å². The molecule has 1 heterocycles. The van der Waals surface area contributed by atoms with Crippen LogP contribution in [0.25, 0.3) is 0 Å². The molecule has 2 amide bonds. The first-order valence-corrected chi connectivity index (χ1v) is 9.93. The molecule has 0 fully saturated rings. The number of para-hydroxylation sites is 2. The zero-order valence-corrected chi connectivity index (χ0v) is 17.0. The summed E-state index contributed by atoms with van der Waals surface area (Å²) in [4.78, 5) is 39.4. The number of carbonyl (C=O) groups is 3. The molecular weight excluding hydrogens is 400 g/mol. The molecule has 0 spiro atoms. The van der Waals surface area contributed by atoms with Gasteiger partial charge in [0.2, 0.25) is 5.91 Å². The molecule has 1 N–H and O–H groups in total. The third-order valence-electron chi connectivity index (χ3n) is 4.30. The minimum absolute atomic E-state index is 0.0253. The van der Waals surface area contributed by atoms with Gasteiger partial charge in [0.1, 0.15) is 5.54 Å². The van der Waals surface area contributed by atoms with E-state index in [0.717, 1.165) is 4.90 Å². The number of esters is 1. The van der Waals surface area contributed by atoms with Crippen LogP contribution in [0.15, 0.2) is 53.4 Å². The van der Waals surface area contributed by atoms with Crippen LogP contribution >= 0.6 is 23.4 Å². The van der Waals surface area contributed by atoms with Crippen molar-refractivity contribution in [2.75, 3.05) is 22.6 Å². The highest BCUT2D eigenvalue weighted by atomic mass is 35.5. The van der Waals surface area contributed by atoms with Gasteiger partial charge in [-0.15, -0.1) is 11.8 Å². The number of anilines is 2. The van der Waals surface area contributed by atoms with Crippen molar-refractivity contribution in [3.63, 3.8) is 0 Å². The van der Waals surface area contributed by atoms with Gasteiger partial charge in [-0.25, -0.2) is 0 Å². The molecule has 28 heavy (non-hydrogen) atoms. The van der Waals surface area contributed by atoms with E-state index < -0.39 is 24.0 Å². The van der Waals surface area contributed by atoms with Gasteiger partial charge in [0.25, 0.3) is 5.91 Å². The van der Waals surface area contributed by atoms with Crippen molar-refractivity contribution >= 4 is 52.5 Å². The highest BCUT2D eigenvalue weighted by Gasteiger charge is 2.43. The number of halogens is 1. The molecule has 1 aliphatic rings. The fraction of sp³-hybridized carbons (Fsp3) is 0.250. The summed E-state index contributed by atoms with van der Waals surface area (Å²) in [5.74, 6) is -1.29. The van der Waals surface area contributed by atoms with E-state index in [4.69, 9.17) is 16.3 Å². The van der Waals surface area contributed by atoms with Crippen LogP contribution in [0.5, 0.6) is 0 Å². The molecule has 0 radical (unpaired) electrons. The maximum Gasteiger partial charge on any atom is 0.316 e. The van der Waals surface area contributed by atoms with Gasteiger partial charge in [0.15, 0.2) is 6.61 Å². The Morgan fingerprint density at radius 2 is 1.82 bits per heavy atom. The highest BCUT2D eigenvalue weighted by Crippen LogP contribution is 2.36. The second-order valence-corrected chi connectivity index (χ2v) is 8.06. The number of carbonyl (C=O) groups excluding carboxylic acids is 3. The van der Waals surface area contributed by atoms with Gasteiger partial charge in [-0.2, -0.15) is 0 Å². The number of hydrogen-bond donors (Lipinski definition) is 1. The van der Waals surface area contributed by atoms with E-state index in [-0.39, 0.29) is 11.7 Å². The summed E-state index contributed by atoms with van der Waals surface area (Å²) in [6.07, 6.45) is 0. The van der Waals surface area contributed by atoms with Gasteiger partial charge in [-0.1, -0.05) is 35.9 Å². The summed E-state index contributed by atoms with van der Waals surface area (Å²) in [5.41, 5.74) is 0.00354. The number of hydrogen-bond acceptors (Lipinski definition) is 5. The maximum atomic E-state index is 12.8. The van der Waals surface area contributed by atoms with Crippen molar-refractivity contribution in [2.24, 2.45) is 0 Å². The van der Waals surface area contributed by atoms with Crippen LogP contribution in [-0.4, -0.2) is 35.7 Å². The Hall–Kier alpha value is -2.51. The molecular formula is C20H19ClN2O4S. The second kappa shape index (κ2) is 8.24. The molecule has 0 aromatic heterocycles. The number of nitrogens with one attached hydrogen (secondary N) is 1. The second-order valence-electron chi connectivity index (χ2n) is 6.64. The number of fused-ring (bicyclic) bond motifs is 1. The summed E-state index contributed by atoms with van der Waals surface area (Å²) in [5, 5.41) is 3.34. The Balaban J connectivity index is 1.64. The zero-order chi connectivity index (χ0) is 20.3. The van der Waals surface area contributed by atoms with Crippen LogP contribution in [-0.2, 0) is 19.1 Å². The fourth-order valence-electron chi connectivity index (χ4n) is 2.85. The third kappa shape index (κ3) is 4.15. The molecule has 0 saturated heterocycles. The Morgan fingerprint density at radius 1 is 1.14 bits per heavy atom. The average Bonchev–Trinajstić information content (AvgIpc) is 2.66. The van der Waals surface area contributed by atoms with Crippen LogP contribution in [0.2, 0.25) is 5.02 Å². The Bertz CT molecular complexity index is 932. The quantitative estimate of drug-likeness (QED) is 0.591. The Labute approximate surface area is 172 Å². The van der Waals surface area contributed by atoms with E-state index in [1.54, 1.807) is 56.3 Å². The summed E-state index contributed by atoms with van der Waals surface area (Å²) < 4.78 is 5.14. The predicted molar refractivity (Wildman–Crippen MR) is 110 cm³/mol. The number of ether oxygens (including phenoxy) is 1. The largest absolute Gasteiger partial charge is 0.455 e. The number of thioether (sulfide) groups is 1. The van der Waals surface area contributed by atoms with Crippen LogP contribution in [0.4, 0.5) is 11.4 Å². The van der Waals surface area contributed by atoms with E-state index in [0.29, 0.717) is 16.4 Å². The molecule has 6 nitrogen and oxygen atoms in total. The van der Waals surface area contributed by atoms with E-state index in [2.05, 4.69) is 5.32 Å². The predicted octanol–water partition coefficient (Wildman–Crippen LogP) is 3.74. The van der Waals surface area contributed by atoms with Gasteiger partial charge < -0.3 is 10.1 Å². The molecule has 2 aromatic carbocycles. The summed E-state index contributed by atoms with van der Waals surface area (Å²) in [6, 6.07) is 14.2.